The number of carbonyl (C=O) groups excluding carboxylic acids is 1. The Kier molecular flexibility index (Phi) is 5.04. The zero-order valence-electron chi connectivity index (χ0n) is 10.3. The molecule has 1 N–H and O–H groups in total. The Labute approximate surface area is 113 Å². The van der Waals surface area contributed by atoms with Crippen LogP contribution in [-0.4, -0.2) is 50.2 Å². The van der Waals surface area contributed by atoms with E-state index in [0.717, 1.165) is 37.7 Å². The first kappa shape index (κ1) is 13.4. The van der Waals surface area contributed by atoms with E-state index in [4.69, 9.17) is 4.74 Å². The lowest BCUT2D eigenvalue weighted by Crippen LogP contribution is -2.41. The Balaban J connectivity index is 1.72. The first-order valence-corrected chi connectivity index (χ1v) is 6.58. The van der Waals surface area contributed by atoms with Gasteiger partial charge in [0.2, 0.25) is 0 Å². The van der Waals surface area contributed by atoms with Crippen LogP contribution in [0.2, 0.25) is 0 Å². The maximum atomic E-state index is 11.8. The monoisotopic (exact) mass is 266 g/mol. The number of thiol groups is 1. The van der Waals surface area contributed by atoms with Crippen molar-refractivity contribution >= 4 is 18.5 Å². The Hall–Kier alpha value is -1.04. The van der Waals surface area contributed by atoms with Gasteiger partial charge < -0.3 is 10.1 Å². The predicted molar refractivity (Wildman–Crippen MR) is 73.3 cm³/mol. The van der Waals surface area contributed by atoms with Crippen molar-refractivity contribution in [3.05, 3.63) is 29.8 Å². The summed E-state index contributed by atoms with van der Waals surface area (Å²) in [4.78, 5) is 15.0. The molecule has 1 heterocycles. The highest BCUT2D eigenvalue weighted by Gasteiger charge is 2.10. The van der Waals surface area contributed by atoms with Crippen molar-refractivity contribution < 1.29 is 9.53 Å². The SMILES string of the molecule is O=C(NCCN1CCOCC1)c1ccc(S)cc1. The molecule has 0 radical (unpaired) electrons. The zero-order chi connectivity index (χ0) is 12.8. The highest BCUT2D eigenvalue weighted by atomic mass is 32.1. The van der Waals surface area contributed by atoms with Gasteiger partial charge in [-0.05, 0) is 24.3 Å². The molecule has 0 unspecified atom stereocenters. The molecule has 0 aromatic heterocycles. The van der Waals surface area contributed by atoms with Crippen molar-refractivity contribution in [3.8, 4) is 0 Å². The van der Waals surface area contributed by atoms with Crippen LogP contribution < -0.4 is 5.32 Å². The van der Waals surface area contributed by atoms with Gasteiger partial charge in [-0.3, -0.25) is 9.69 Å². The molecular formula is C13H18N2O2S. The van der Waals surface area contributed by atoms with Gasteiger partial charge in [-0.15, -0.1) is 12.6 Å². The highest BCUT2D eigenvalue weighted by Crippen LogP contribution is 2.07. The summed E-state index contributed by atoms with van der Waals surface area (Å²) in [6, 6.07) is 7.21. The summed E-state index contributed by atoms with van der Waals surface area (Å²) in [6.07, 6.45) is 0. The summed E-state index contributed by atoms with van der Waals surface area (Å²) < 4.78 is 5.27. The second-order valence-corrected chi connectivity index (χ2v) is 4.77. The Morgan fingerprint density at radius 2 is 1.94 bits per heavy atom. The first-order valence-electron chi connectivity index (χ1n) is 6.13. The molecule has 5 heteroatoms. The zero-order valence-corrected chi connectivity index (χ0v) is 11.2. The molecule has 1 aliphatic heterocycles. The molecule has 2 rings (SSSR count). The van der Waals surface area contributed by atoms with Gasteiger partial charge in [-0.2, -0.15) is 0 Å². The minimum absolute atomic E-state index is 0.0309. The Morgan fingerprint density at radius 3 is 2.61 bits per heavy atom. The smallest absolute Gasteiger partial charge is 0.251 e. The third-order valence-electron chi connectivity index (χ3n) is 2.95. The average Bonchev–Trinajstić information content (AvgIpc) is 2.40. The molecule has 0 saturated carbocycles. The van der Waals surface area contributed by atoms with E-state index in [9.17, 15) is 4.79 Å². The number of morpholine rings is 1. The molecule has 1 amide bonds. The maximum absolute atomic E-state index is 11.8. The average molecular weight is 266 g/mol. The minimum Gasteiger partial charge on any atom is -0.379 e. The van der Waals surface area contributed by atoms with Crippen LogP contribution in [0, 0.1) is 0 Å². The van der Waals surface area contributed by atoms with Crippen molar-refractivity contribution in [2.45, 2.75) is 4.90 Å². The van der Waals surface area contributed by atoms with E-state index >= 15 is 0 Å². The van der Waals surface area contributed by atoms with Crippen molar-refractivity contribution in [2.75, 3.05) is 39.4 Å². The standard InChI is InChI=1S/C13H18N2O2S/c16-13(11-1-3-12(18)4-2-11)14-5-6-15-7-9-17-10-8-15/h1-4,18H,5-10H2,(H,14,16). The normalized spacial score (nSPS) is 16.5. The number of hydrogen-bond acceptors (Lipinski definition) is 4. The molecule has 1 aliphatic rings. The van der Waals surface area contributed by atoms with Crippen LogP contribution in [-0.2, 0) is 4.74 Å². The molecule has 98 valence electrons. The van der Waals surface area contributed by atoms with E-state index in [1.165, 1.54) is 0 Å². The number of nitrogens with one attached hydrogen (secondary N) is 1. The first-order chi connectivity index (χ1) is 8.75. The summed E-state index contributed by atoms with van der Waals surface area (Å²) in [5.41, 5.74) is 0.676. The largest absolute Gasteiger partial charge is 0.379 e. The quantitative estimate of drug-likeness (QED) is 0.800. The van der Waals surface area contributed by atoms with Gasteiger partial charge in [-0.25, -0.2) is 0 Å². The molecule has 0 aliphatic carbocycles. The summed E-state index contributed by atoms with van der Waals surface area (Å²) in [7, 11) is 0. The number of amides is 1. The fraction of sp³-hybridized carbons (Fsp3) is 0.462. The van der Waals surface area contributed by atoms with Gasteiger partial charge in [0.05, 0.1) is 13.2 Å². The number of carbonyl (C=O) groups is 1. The third-order valence-corrected chi connectivity index (χ3v) is 3.24. The molecule has 0 spiro atoms. The van der Waals surface area contributed by atoms with E-state index in [0.29, 0.717) is 12.1 Å². The van der Waals surface area contributed by atoms with E-state index < -0.39 is 0 Å². The van der Waals surface area contributed by atoms with Crippen LogP contribution in [0.4, 0.5) is 0 Å². The highest BCUT2D eigenvalue weighted by molar-refractivity contribution is 7.80. The van der Waals surface area contributed by atoms with Gasteiger partial charge in [0.15, 0.2) is 0 Å². The van der Waals surface area contributed by atoms with Crippen molar-refractivity contribution in [1.29, 1.82) is 0 Å². The van der Waals surface area contributed by atoms with Gasteiger partial charge in [0, 0.05) is 36.6 Å². The summed E-state index contributed by atoms with van der Waals surface area (Å²) >= 11 is 4.19. The van der Waals surface area contributed by atoms with Crippen LogP contribution in [0.15, 0.2) is 29.2 Å². The number of nitrogens with zero attached hydrogens (tertiary/aromatic N) is 1. The molecule has 1 saturated heterocycles. The van der Waals surface area contributed by atoms with Crippen molar-refractivity contribution in [1.82, 2.24) is 10.2 Å². The lowest BCUT2D eigenvalue weighted by atomic mass is 10.2. The molecule has 4 nitrogen and oxygen atoms in total. The molecular weight excluding hydrogens is 248 g/mol. The number of ether oxygens (including phenoxy) is 1. The molecule has 1 fully saturated rings. The fourth-order valence-electron chi connectivity index (χ4n) is 1.87. The van der Waals surface area contributed by atoms with Gasteiger partial charge in [0.25, 0.3) is 5.91 Å². The van der Waals surface area contributed by atoms with Gasteiger partial charge >= 0.3 is 0 Å². The van der Waals surface area contributed by atoms with Crippen molar-refractivity contribution in [2.24, 2.45) is 0 Å². The molecule has 18 heavy (non-hydrogen) atoms. The van der Waals surface area contributed by atoms with Crippen LogP contribution >= 0.6 is 12.6 Å². The molecule has 0 bridgehead atoms. The van der Waals surface area contributed by atoms with Gasteiger partial charge in [-0.1, -0.05) is 0 Å². The van der Waals surface area contributed by atoms with Crippen LogP contribution in [0.3, 0.4) is 0 Å². The second-order valence-electron chi connectivity index (χ2n) is 4.26. The topological polar surface area (TPSA) is 41.6 Å². The van der Waals surface area contributed by atoms with Crippen LogP contribution in [0.1, 0.15) is 10.4 Å². The van der Waals surface area contributed by atoms with Crippen LogP contribution in [0.25, 0.3) is 0 Å². The second kappa shape index (κ2) is 6.78. The van der Waals surface area contributed by atoms with E-state index in [2.05, 4.69) is 22.8 Å². The molecule has 0 atom stereocenters. The Bertz CT molecular complexity index is 388. The fourth-order valence-corrected chi connectivity index (χ4v) is 2.02. The van der Waals surface area contributed by atoms with E-state index in [1.807, 2.05) is 12.1 Å². The number of hydrogen-bond donors (Lipinski definition) is 2. The van der Waals surface area contributed by atoms with Crippen LogP contribution in [0.5, 0.6) is 0 Å². The molecule has 1 aromatic carbocycles. The lowest BCUT2D eigenvalue weighted by molar-refractivity contribution is 0.0383. The third kappa shape index (κ3) is 4.01. The van der Waals surface area contributed by atoms with Crippen molar-refractivity contribution in [3.63, 3.8) is 0 Å². The predicted octanol–water partition coefficient (Wildman–Crippen LogP) is 1.04. The summed E-state index contributed by atoms with van der Waals surface area (Å²) in [6.45, 7) is 5.02. The number of benzene rings is 1. The maximum Gasteiger partial charge on any atom is 0.251 e. The Morgan fingerprint density at radius 1 is 1.28 bits per heavy atom. The summed E-state index contributed by atoms with van der Waals surface area (Å²) in [5.74, 6) is -0.0309. The van der Waals surface area contributed by atoms with Gasteiger partial charge in [0.1, 0.15) is 0 Å². The van der Waals surface area contributed by atoms with E-state index in [1.54, 1.807) is 12.1 Å². The minimum atomic E-state index is -0.0309. The number of rotatable bonds is 4. The molecule has 1 aromatic rings. The lowest BCUT2D eigenvalue weighted by Gasteiger charge is -2.26. The van der Waals surface area contributed by atoms with E-state index in [-0.39, 0.29) is 5.91 Å². The summed E-state index contributed by atoms with van der Waals surface area (Å²) in [5, 5.41) is 2.92.